The molecule has 2 atom stereocenters. The van der Waals surface area contributed by atoms with E-state index in [9.17, 15) is 4.79 Å². The summed E-state index contributed by atoms with van der Waals surface area (Å²) in [4.78, 5) is 20.1. The van der Waals surface area contributed by atoms with Crippen LogP contribution in [0.5, 0.6) is 0 Å². The van der Waals surface area contributed by atoms with Crippen molar-refractivity contribution in [1.82, 2.24) is 15.3 Å². The number of carbonyl (C=O) groups is 1. The monoisotopic (exact) mass is 327 g/mol. The number of amides is 1. The Labute approximate surface area is 142 Å². The van der Waals surface area contributed by atoms with Crippen LogP contribution < -0.4 is 5.32 Å². The lowest BCUT2D eigenvalue weighted by atomic mass is 10.2. The molecule has 3 rings (SSSR count). The lowest BCUT2D eigenvalue weighted by molar-refractivity contribution is -0.132. The van der Waals surface area contributed by atoms with E-state index in [0.717, 1.165) is 23.5 Å². The number of H-pyrrole nitrogens is 1. The average Bonchev–Trinajstić information content (AvgIpc) is 3.32. The van der Waals surface area contributed by atoms with Crippen LogP contribution in [0.1, 0.15) is 45.0 Å². The molecule has 0 aliphatic heterocycles. The summed E-state index contributed by atoms with van der Waals surface area (Å²) >= 11 is 0. The molecule has 0 radical (unpaired) electrons. The van der Waals surface area contributed by atoms with Crippen LogP contribution in [-0.4, -0.2) is 28.6 Å². The first-order valence-corrected chi connectivity index (χ1v) is 8.69. The zero-order valence-corrected chi connectivity index (χ0v) is 14.3. The standard InChI is InChI=1S/C19H25N3O2/c1-3-16(22-19(23)13(2)24-12-14-9-10-14)18-20-11-17(21-18)15-7-5-4-6-8-15/h4-8,11,13-14,16H,3,9-10,12H2,1-2H3,(H,20,21)(H,22,23)/t13-,16+/m0/s1. The number of nitrogens with one attached hydrogen (secondary N) is 2. The van der Waals surface area contributed by atoms with Crippen molar-refractivity contribution in [2.75, 3.05) is 6.61 Å². The minimum absolute atomic E-state index is 0.0832. The first kappa shape index (κ1) is 16.7. The Bertz CT molecular complexity index is 664. The van der Waals surface area contributed by atoms with Crippen LogP contribution in [0.25, 0.3) is 11.3 Å². The maximum Gasteiger partial charge on any atom is 0.249 e. The second-order valence-corrected chi connectivity index (χ2v) is 6.44. The van der Waals surface area contributed by atoms with E-state index in [4.69, 9.17) is 4.74 Å². The number of hydrogen-bond acceptors (Lipinski definition) is 3. The molecule has 1 aromatic heterocycles. The fourth-order valence-corrected chi connectivity index (χ4v) is 2.57. The molecule has 1 fully saturated rings. The van der Waals surface area contributed by atoms with Gasteiger partial charge in [0.25, 0.3) is 0 Å². The summed E-state index contributed by atoms with van der Waals surface area (Å²) in [6, 6.07) is 9.90. The summed E-state index contributed by atoms with van der Waals surface area (Å²) in [7, 11) is 0. The summed E-state index contributed by atoms with van der Waals surface area (Å²) in [5.74, 6) is 1.35. The molecule has 0 bridgehead atoms. The molecule has 1 saturated carbocycles. The third-order valence-corrected chi connectivity index (χ3v) is 4.38. The van der Waals surface area contributed by atoms with Crippen molar-refractivity contribution in [3.05, 3.63) is 42.4 Å². The van der Waals surface area contributed by atoms with Gasteiger partial charge in [-0.05, 0) is 37.7 Å². The van der Waals surface area contributed by atoms with E-state index in [1.54, 1.807) is 0 Å². The van der Waals surface area contributed by atoms with Crippen molar-refractivity contribution in [1.29, 1.82) is 0 Å². The average molecular weight is 327 g/mol. The Hall–Kier alpha value is -2.14. The third-order valence-electron chi connectivity index (χ3n) is 4.38. The molecule has 128 valence electrons. The van der Waals surface area contributed by atoms with Gasteiger partial charge in [0.2, 0.25) is 5.91 Å². The Morgan fingerprint density at radius 3 is 2.79 bits per heavy atom. The van der Waals surface area contributed by atoms with E-state index in [1.807, 2.05) is 50.4 Å². The van der Waals surface area contributed by atoms with Crippen LogP contribution >= 0.6 is 0 Å². The highest BCUT2D eigenvalue weighted by Gasteiger charge is 2.25. The molecule has 1 aliphatic rings. The largest absolute Gasteiger partial charge is 0.368 e. The molecular weight excluding hydrogens is 302 g/mol. The van der Waals surface area contributed by atoms with Gasteiger partial charge in [-0.25, -0.2) is 4.98 Å². The second-order valence-electron chi connectivity index (χ2n) is 6.44. The zero-order chi connectivity index (χ0) is 16.9. The van der Waals surface area contributed by atoms with Crippen molar-refractivity contribution in [3.8, 4) is 11.3 Å². The van der Waals surface area contributed by atoms with Gasteiger partial charge in [0.15, 0.2) is 0 Å². The van der Waals surface area contributed by atoms with Crippen LogP contribution in [0, 0.1) is 5.92 Å². The second kappa shape index (κ2) is 7.62. The van der Waals surface area contributed by atoms with E-state index < -0.39 is 6.10 Å². The van der Waals surface area contributed by atoms with Gasteiger partial charge in [0, 0.05) is 0 Å². The normalized spacial score (nSPS) is 16.6. The third kappa shape index (κ3) is 4.23. The van der Waals surface area contributed by atoms with Crippen LogP contribution in [0.4, 0.5) is 0 Å². The molecule has 1 heterocycles. The van der Waals surface area contributed by atoms with Crippen LogP contribution in [0.2, 0.25) is 0 Å². The van der Waals surface area contributed by atoms with Crippen molar-refractivity contribution < 1.29 is 9.53 Å². The quantitative estimate of drug-likeness (QED) is 0.780. The van der Waals surface area contributed by atoms with E-state index in [1.165, 1.54) is 12.8 Å². The molecular formula is C19H25N3O2. The number of imidazole rings is 1. The van der Waals surface area contributed by atoms with Crippen molar-refractivity contribution in [2.24, 2.45) is 5.92 Å². The summed E-state index contributed by atoms with van der Waals surface area (Å²) in [5.41, 5.74) is 2.04. The molecule has 5 nitrogen and oxygen atoms in total. The van der Waals surface area contributed by atoms with Crippen molar-refractivity contribution in [2.45, 2.75) is 45.3 Å². The Balaban J connectivity index is 1.61. The number of aromatic nitrogens is 2. The maximum absolute atomic E-state index is 12.3. The van der Waals surface area contributed by atoms with Gasteiger partial charge in [-0.2, -0.15) is 0 Å². The van der Waals surface area contributed by atoms with E-state index in [-0.39, 0.29) is 11.9 Å². The highest BCUT2D eigenvalue weighted by molar-refractivity contribution is 5.80. The minimum Gasteiger partial charge on any atom is -0.368 e. The van der Waals surface area contributed by atoms with Gasteiger partial charge in [0.1, 0.15) is 11.9 Å². The fourth-order valence-electron chi connectivity index (χ4n) is 2.57. The lowest BCUT2D eigenvalue weighted by Gasteiger charge is -2.18. The van der Waals surface area contributed by atoms with E-state index in [2.05, 4.69) is 15.3 Å². The number of carbonyl (C=O) groups excluding carboxylic acids is 1. The number of ether oxygens (including phenoxy) is 1. The Kier molecular flexibility index (Phi) is 5.30. The molecule has 2 aromatic rings. The van der Waals surface area contributed by atoms with E-state index >= 15 is 0 Å². The molecule has 0 unspecified atom stereocenters. The van der Waals surface area contributed by atoms with Gasteiger partial charge in [-0.15, -0.1) is 0 Å². The molecule has 5 heteroatoms. The van der Waals surface area contributed by atoms with Crippen LogP contribution in [0.3, 0.4) is 0 Å². The SMILES string of the molecule is CC[C@@H](NC(=O)[C@H](C)OCC1CC1)c1ncc(-c2ccccc2)[nH]1. The Morgan fingerprint density at radius 1 is 1.38 bits per heavy atom. The van der Waals surface area contributed by atoms with Gasteiger partial charge in [-0.1, -0.05) is 37.3 Å². The molecule has 0 saturated heterocycles. The van der Waals surface area contributed by atoms with E-state index in [0.29, 0.717) is 12.5 Å². The topological polar surface area (TPSA) is 67.0 Å². The number of benzene rings is 1. The van der Waals surface area contributed by atoms with Gasteiger partial charge in [0.05, 0.1) is 24.5 Å². The summed E-state index contributed by atoms with van der Waals surface area (Å²) < 4.78 is 5.64. The van der Waals surface area contributed by atoms with Gasteiger partial charge >= 0.3 is 0 Å². The fraction of sp³-hybridized carbons (Fsp3) is 0.474. The number of hydrogen-bond donors (Lipinski definition) is 2. The molecule has 2 N–H and O–H groups in total. The first-order chi connectivity index (χ1) is 11.7. The summed E-state index contributed by atoms with van der Waals surface area (Å²) in [6.07, 6.45) is 4.60. The van der Waals surface area contributed by atoms with Crippen LogP contribution in [-0.2, 0) is 9.53 Å². The lowest BCUT2D eigenvalue weighted by Crippen LogP contribution is -2.37. The number of rotatable bonds is 8. The van der Waals surface area contributed by atoms with Crippen molar-refractivity contribution in [3.63, 3.8) is 0 Å². The molecule has 1 aliphatic carbocycles. The molecule has 0 spiro atoms. The highest BCUT2D eigenvalue weighted by atomic mass is 16.5. The molecule has 1 aromatic carbocycles. The predicted octanol–water partition coefficient (Wildman–Crippen LogP) is 3.46. The first-order valence-electron chi connectivity index (χ1n) is 8.69. The molecule has 1 amide bonds. The van der Waals surface area contributed by atoms with Gasteiger partial charge < -0.3 is 15.0 Å². The van der Waals surface area contributed by atoms with Gasteiger partial charge in [-0.3, -0.25) is 4.79 Å². The predicted molar refractivity (Wildman–Crippen MR) is 93.3 cm³/mol. The van der Waals surface area contributed by atoms with Crippen molar-refractivity contribution >= 4 is 5.91 Å². The van der Waals surface area contributed by atoms with Crippen LogP contribution in [0.15, 0.2) is 36.5 Å². The smallest absolute Gasteiger partial charge is 0.249 e. The highest BCUT2D eigenvalue weighted by Crippen LogP contribution is 2.29. The number of aromatic amines is 1. The Morgan fingerprint density at radius 2 is 2.12 bits per heavy atom. The minimum atomic E-state index is -0.428. The number of nitrogens with zero attached hydrogens (tertiary/aromatic N) is 1. The molecule has 24 heavy (non-hydrogen) atoms. The summed E-state index contributed by atoms with van der Waals surface area (Å²) in [6.45, 7) is 4.53. The zero-order valence-electron chi connectivity index (χ0n) is 14.3. The maximum atomic E-state index is 12.3. The summed E-state index contributed by atoms with van der Waals surface area (Å²) in [5, 5.41) is 3.03.